The summed E-state index contributed by atoms with van der Waals surface area (Å²) in [5.41, 5.74) is 2.79. The number of ether oxygens (including phenoxy) is 1. The fourth-order valence-corrected chi connectivity index (χ4v) is 3.06. The second-order valence-electron chi connectivity index (χ2n) is 6.16. The molecule has 0 saturated carbocycles. The summed E-state index contributed by atoms with van der Waals surface area (Å²) in [6.07, 6.45) is -0.607. The molecule has 0 aliphatic rings. The molecule has 1 atom stereocenters. The average Bonchev–Trinajstić information content (AvgIpc) is 3.05. The van der Waals surface area contributed by atoms with Gasteiger partial charge in [0.1, 0.15) is 18.2 Å². The molecule has 1 aromatic heterocycles. The molecule has 130 valence electrons. The number of aliphatic hydroxyl groups excluding tert-OH is 1. The summed E-state index contributed by atoms with van der Waals surface area (Å²) in [5.74, 6) is 1.60. The van der Waals surface area contributed by atoms with Crippen molar-refractivity contribution in [3.8, 4) is 5.75 Å². The minimum atomic E-state index is -0.607. The predicted molar refractivity (Wildman–Crippen MR) is 102 cm³/mol. The molecule has 3 aromatic carbocycles. The highest BCUT2D eigenvalue weighted by atomic mass is 16.5. The van der Waals surface area contributed by atoms with Crippen LogP contribution in [-0.2, 0) is 13.2 Å². The van der Waals surface area contributed by atoms with E-state index in [0.717, 1.165) is 28.2 Å². The number of hydrogen-bond acceptors (Lipinski definition) is 3. The van der Waals surface area contributed by atoms with Gasteiger partial charge in [-0.1, -0.05) is 60.7 Å². The summed E-state index contributed by atoms with van der Waals surface area (Å²) in [5, 5.41) is 10.7. The second kappa shape index (κ2) is 7.42. The zero-order valence-electron chi connectivity index (χ0n) is 14.3. The largest absolute Gasteiger partial charge is 0.486 e. The van der Waals surface area contributed by atoms with E-state index in [4.69, 9.17) is 9.72 Å². The molecule has 0 bridgehead atoms. The number of nitrogens with zero attached hydrogens (tertiary/aromatic N) is 2. The standard InChI is InChI=1S/C22H20N2O2/c25-21(17-9-3-1-4-10-17)15-24-20-14-8-7-13-19(20)23-22(24)16-26-18-11-5-2-6-12-18/h1-14,21,25H,15-16H2. The molecule has 0 aliphatic carbocycles. The van der Waals surface area contributed by atoms with Crippen LogP contribution in [0.2, 0.25) is 0 Å². The minimum absolute atomic E-state index is 0.347. The van der Waals surface area contributed by atoms with Crippen molar-refractivity contribution < 1.29 is 9.84 Å². The molecule has 4 aromatic rings. The van der Waals surface area contributed by atoms with Gasteiger partial charge in [-0.25, -0.2) is 4.98 Å². The van der Waals surface area contributed by atoms with Crippen LogP contribution >= 0.6 is 0 Å². The molecule has 0 saturated heterocycles. The number of rotatable bonds is 6. The molecule has 4 rings (SSSR count). The molecule has 0 amide bonds. The van der Waals surface area contributed by atoms with Crippen molar-refractivity contribution in [3.05, 3.63) is 96.3 Å². The van der Waals surface area contributed by atoms with Gasteiger partial charge in [0.2, 0.25) is 0 Å². The maximum atomic E-state index is 10.7. The van der Waals surface area contributed by atoms with Gasteiger partial charge in [-0.15, -0.1) is 0 Å². The van der Waals surface area contributed by atoms with Crippen LogP contribution in [0, 0.1) is 0 Å². The fourth-order valence-electron chi connectivity index (χ4n) is 3.06. The van der Waals surface area contributed by atoms with E-state index in [9.17, 15) is 5.11 Å². The zero-order chi connectivity index (χ0) is 17.8. The third kappa shape index (κ3) is 3.46. The van der Waals surface area contributed by atoms with Crippen molar-refractivity contribution in [1.82, 2.24) is 9.55 Å². The topological polar surface area (TPSA) is 47.3 Å². The van der Waals surface area contributed by atoms with Crippen LogP contribution in [-0.4, -0.2) is 14.7 Å². The lowest BCUT2D eigenvalue weighted by Gasteiger charge is -2.15. The zero-order valence-corrected chi connectivity index (χ0v) is 14.3. The van der Waals surface area contributed by atoms with E-state index >= 15 is 0 Å². The molecule has 26 heavy (non-hydrogen) atoms. The summed E-state index contributed by atoms with van der Waals surface area (Å²) < 4.78 is 7.92. The Morgan fingerprint density at radius 1 is 0.846 bits per heavy atom. The van der Waals surface area contributed by atoms with Crippen molar-refractivity contribution >= 4 is 11.0 Å². The number of aromatic nitrogens is 2. The van der Waals surface area contributed by atoms with Gasteiger partial charge in [0.25, 0.3) is 0 Å². The first-order chi connectivity index (χ1) is 12.8. The Kier molecular flexibility index (Phi) is 4.67. The Morgan fingerprint density at radius 3 is 2.27 bits per heavy atom. The van der Waals surface area contributed by atoms with E-state index in [1.807, 2.05) is 89.5 Å². The molecule has 4 nitrogen and oxygen atoms in total. The van der Waals surface area contributed by atoms with Gasteiger partial charge >= 0.3 is 0 Å². The maximum absolute atomic E-state index is 10.7. The highest BCUT2D eigenvalue weighted by Crippen LogP contribution is 2.22. The molecule has 0 aliphatic heterocycles. The van der Waals surface area contributed by atoms with Gasteiger partial charge in [0.15, 0.2) is 0 Å². The van der Waals surface area contributed by atoms with Gasteiger partial charge in [-0.3, -0.25) is 0 Å². The Bertz CT molecular complexity index is 981. The van der Waals surface area contributed by atoms with E-state index in [1.165, 1.54) is 0 Å². The van der Waals surface area contributed by atoms with Crippen molar-refractivity contribution in [2.24, 2.45) is 0 Å². The van der Waals surface area contributed by atoms with E-state index in [-0.39, 0.29) is 0 Å². The van der Waals surface area contributed by atoms with Gasteiger partial charge in [-0.2, -0.15) is 0 Å². The Morgan fingerprint density at radius 2 is 1.50 bits per heavy atom. The van der Waals surface area contributed by atoms with E-state index in [0.29, 0.717) is 13.2 Å². The summed E-state index contributed by atoms with van der Waals surface area (Å²) in [6.45, 7) is 0.776. The van der Waals surface area contributed by atoms with Crippen molar-refractivity contribution in [3.63, 3.8) is 0 Å². The molecular formula is C22H20N2O2. The number of fused-ring (bicyclic) bond motifs is 1. The summed E-state index contributed by atoms with van der Waals surface area (Å²) in [4.78, 5) is 4.70. The van der Waals surface area contributed by atoms with E-state index < -0.39 is 6.10 Å². The van der Waals surface area contributed by atoms with Gasteiger partial charge < -0.3 is 14.4 Å². The minimum Gasteiger partial charge on any atom is -0.486 e. The van der Waals surface area contributed by atoms with Gasteiger partial charge in [0.05, 0.1) is 23.7 Å². The molecule has 0 spiro atoms. The average molecular weight is 344 g/mol. The molecule has 0 fully saturated rings. The molecule has 1 heterocycles. The number of benzene rings is 3. The highest BCUT2D eigenvalue weighted by Gasteiger charge is 2.15. The monoisotopic (exact) mass is 344 g/mol. The van der Waals surface area contributed by atoms with Crippen LogP contribution in [0.5, 0.6) is 5.75 Å². The Balaban J connectivity index is 1.63. The first kappa shape index (κ1) is 16.4. The van der Waals surface area contributed by atoms with Crippen LogP contribution in [0.3, 0.4) is 0 Å². The van der Waals surface area contributed by atoms with Crippen LogP contribution in [0.4, 0.5) is 0 Å². The SMILES string of the molecule is OC(Cn1c(COc2ccccc2)nc2ccccc21)c1ccccc1. The molecule has 1 unspecified atom stereocenters. The first-order valence-electron chi connectivity index (χ1n) is 8.66. The highest BCUT2D eigenvalue weighted by molar-refractivity contribution is 5.75. The number of aliphatic hydroxyl groups is 1. The van der Waals surface area contributed by atoms with Crippen molar-refractivity contribution in [2.75, 3.05) is 0 Å². The van der Waals surface area contributed by atoms with E-state index in [2.05, 4.69) is 0 Å². The normalized spacial score (nSPS) is 12.2. The lowest BCUT2D eigenvalue weighted by Crippen LogP contribution is -2.13. The van der Waals surface area contributed by atoms with Crippen molar-refractivity contribution in [1.29, 1.82) is 0 Å². The van der Waals surface area contributed by atoms with Crippen molar-refractivity contribution in [2.45, 2.75) is 19.3 Å². The lowest BCUT2D eigenvalue weighted by molar-refractivity contribution is 0.154. The van der Waals surface area contributed by atoms with Crippen LogP contribution in [0.15, 0.2) is 84.9 Å². The quantitative estimate of drug-likeness (QED) is 0.566. The molecule has 0 radical (unpaired) electrons. The number of hydrogen-bond donors (Lipinski definition) is 1. The number of para-hydroxylation sites is 3. The van der Waals surface area contributed by atoms with Crippen LogP contribution < -0.4 is 4.74 Å². The Labute approximate surface area is 152 Å². The predicted octanol–water partition coefficient (Wildman–Crippen LogP) is 4.35. The molecular weight excluding hydrogens is 324 g/mol. The van der Waals surface area contributed by atoms with Crippen LogP contribution in [0.1, 0.15) is 17.5 Å². The smallest absolute Gasteiger partial charge is 0.148 e. The lowest BCUT2D eigenvalue weighted by atomic mass is 10.1. The third-order valence-electron chi connectivity index (χ3n) is 4.38. The first-order valence-corrected chi connectivity index (χ1v) is 8.66. The summed E-state index contributed by atoms with van der Waals surface area (Å²) in [7, 11) is 0. The molecule has 4 heteroatoms. The Hall–Kier alpha value is -3.11. The number of imidazole rings is 1. The van der Waals surface area contributed by atoms with Gasteiger partial charge in [0, 0.05) is 0 Å². The molecule has 1 N–H and O–H groups in total. The summed E-state index contributed by atoms with van der Waals surface area (Å²) >= 11 is 0. The van der Waals surface area contributed by atoms with Gasteiger partial charge in [-0.05, 0) is 29.8 Å². The van der Waals surface area contributed by atoms with E-state index in [1.54, 1.807) is 0 Å². The second-order valence-corrected chi connectivity index (χ2v) is 6.16. The fraction of sp³-hybridized carbons (Fsp3) is 0.136. The van der Waals surface area contributed by atoms with Crippen LogP contribution in [0.25, 0.3) is 11.0 Å². The summed E-state index contributed by atoms with van der Waals surface area (Å²) in [6, 6.07) is 27.3. The third-order valence-corrected chi connectivity index (χ3v) is 4.38. The maximum Gasteiger partial charge on any atom is 0.148 e.